The summed E-state index contributed by atoms with van der Waals surface area (Å²) in [7, 11) is 1.37. The normalized spacial score (nSPS) is 16.3. The number of aryl methyl sites for hydroxylation is 2. The van der Waals surface area contributed by atoms with Crippen molar-refractivity contribution in [3.8, 4) is 40.1 Å². The van der Waals surface area contributed by atoms with E-state index in [9.17, 15) is 28.8 Å². The summed E-state index contributed by atoms with van der Waals surface area (Å²) in [6.07, 6.45) is -0.0696. The molecule has 4 bridgehead atoms. The first kappa shape index (κ1) is 53.5. The zero-order valence-electron chi connectivity index (χ0n) is 40.7. The van der Waals surface area contributed by atoms with Gasteiger partial charge in [0.1, 0.15) is 55.4 Å². The van der Waals surface area contributed by atoms with E-state index in [2.05, 4.69) is 57.3 Å². The van der Waals surface area contributed by atoms with Crippen LogP contribution in [0.2, 0.25) is 0 Å². The van der Waals surface area contributed by atoms with Gasteiger partial charge in [-0.25, -0.2) is 9.97 Å². The number of hydrogen-bond donors (Lipinski definition) is 8. The van der Waals surface area contributed by atoms with E-state index < -0.39 is 66.2 Å². The number of carbonyl (C=O) groups is 6. The molecule has 0 saturated heterocycles. The molecule has 2 heterocycles. The first-order valence-electron chi connectivity index (χ1n) is 23.0. The average Bonchev–Trinajstić information content (AvgIpc) is 3.32. The molecular formula is C50H64N12O8. The minimum absolute atomic E-state index is 0.0153. The fourth-order valence-corrected chi connectivity index (χ4v) is 7.92. The van der Waals surface area contributed by atoms with E-state index in [0.29, 0.717) is 45.4 Å². The first-order chi connectivity index (χ1) is 33.3. The van der Waals surface area contributed by atoms with Crippen LogP contribution in [0.5, 0.6) is 11.5 Å². The van der Waals surface area contributed by atoms with Crippen molar-refractivity contribution < 1.29 is 38.2 Å². The molecule has 20 nitrogen and oxygen atoms in total. The van der Waals surface area contributed by atoms with Crippen molar-refractivity contribution in [3.05, 3.63) is 94.3 Å². The molecule has 1 aliphatic rings. The molecule has 70 heavy (non-hydrogen) atoms. The van der Waals surface area contributed by atoms with Gasteiger partial charge in [0.05, 0.1) is 29.6 Å². The Morgan fingerprint density at radius 3 is 2.06 bits per heavy atom. The van der Waals surface area contributed by atoms with Gasteiger partial charge in [-0.3, -0.25) is 28.8 Å². The highest BCUT2D eigenvalue weighted by atomic mass is 16.5. The quantitative estimate of drug-likeness (QED) is 0.0694. The molecule has 372 valence electrons. The van der Waals surface area contributed by atoms with Gasteiger partial charge < -0.3 is 58.2 Å². The Labute approximate surface area is 407 Å². The molecule has 5 rings (SSSR count). The van der Waals surface area contributed by atoms with Crippen LogP contribution >= 0.6 is 0 Å². The minimum Gasteiger partial charge on any atom is -0.492 e. The Bertz CT molecular complexity index is 2590. The van der Waals surface area contributed by atoms with Crippen molar-refractivity contribution in [2.45, 2.75) is 84.0 Å². The highest BCUT2D eigenvalue weighted by Crippen LogP contribution is 2.40. The van der Waals surface area contributed by atoms with Crippen LogP contribution in [0.1, 0.15) is 78.6 Å². The van der Waals surface area contributed by atoms with Crippen molar-refractivity contribution in [2.75, 3.05) is 53.0 Å². The molecule has 0 fully saturated rings. The molecule has 1 aromatic heterocycles. The van der Waals surface area contributed by atoms with E-state index in [-0.39, 0.29) is 68.8 Å². The van der Waals surface area contributed by atoms with Gasteiger partial charge in [-0.15, -0.1) is 0 Å². The Morgan fingerprint density at radius 1 is 0.857 bits per heavy atom. The van der Waals surface area contributed by atoms with Crippen molar-refractivity contribution in [1.82, 2.24) is 41.5 Å². The Morgan fingerprint density at radius 2 is 1.47 bits per heavy atom. The Kier molecular flexibility index (Phi) is 18.5. The second-order valence-electron chi connectivity index (χ2n) is 17.9. The molecule has 20 heteroatoms. The maximum Gasteiger partial charge on any atom is 0.255 e. The first-order valence-corrected chi connectivity index (χ1v) is 23.0. The fourth-order valence-electron chi connectivity index (χ4n) is 7.92. The smallest absolute Gasteiger partial charge is 0.255 e. The molecule has 1 aliphatic heterocycles. The maximum atomic E-state index is 14.6. The van der Waals surface area contributed by atoms with Crippen LogP contribution in [-0.4, -0.2) is 121 Å². The molecule has 4 unspecified atom stereocenters. The number of carbonyl (C=O) groups excluding carboxylic acids is 6. The number of fused-ring (bicyclic) bond motifs is 5. The highest BCUT2D eigenvalue weighted by molar-refractivity contribution is 5.99. The SMILES string of the molecule is Cc1nc(-c2ccc(C(C)(C)C)cc2)nc(C)c1C(=O)NCC(=O)NC(CCN)C(=O)N(C)C1C(=O)NC(C)C(=O)NC(C(=O)NCC#N)Cc2ccc(OCCN)c(c2)-c2cc1ccc2OCCN. The summed E-state index contributed by atoms with van der Waals surface area (Å²) in [5, 5.41) is 22.3. The van der Waals surface area contributed by atoms with Crippen molar-refractivity contribution >= 4 is 35.4 Å². The van der Waals surface area contributed by atoms with E-state index in [0.717, 1.165) is 16.0 Å². The molecule has 4 atom stereocenters. The number of nitrogens with zero attached hydrogens (tertiary/aromatic N) is 4. The predicted molar refractivity (Wildman–Crippen MR) is 262 cm³/mol. The van der Waals surface area contributed by atoms with E-state index in [1.807, 2.05) is 30.3 Å². The lowest BCUT2D eigenvalue weighted by Crippen LogP contribution is -2.56. The molecule has 6 amide bonds. The summed E-state index contributed by atoms with van der Waals surface area (Å²) in [6.45, 7) is 10.9. The summed E-state index contributed by atoms with van der Waals surface area (Å²) in [5.74, 6) is -3.01. The molecule has 11 N–H and O–H groups in total. The summed E-state index contributed by atoms with van der Waals surface area (Å²) in [4.78, 5) is 93.6. The number of nitriles is 1. The number of benzene rings is 3. The van der Waals surface area contributed by atoms with Gasteiger partial charge >= 0.3 is 0 Å². The lowest BCUT2D eigenvalue weighted by atomic mass is 9.86. The van der Waals surface area contributed by atoms with Crippen LogP contribution in [-0.2, 0) is 35.8 Å². The molecular weight excluding hydrogens is 897 g/mol. The average molecular weight is 961 g/mol. The zero-order chi connectivity index (χ0) is 51.3. The van der Waals surface area contributed by atoms with Gasteiger partial charge in [-0.1, -0.05) is 57.2 Å². The summed E-state index contributed by atoms with van der Waals surface area (Å²) >= 11 is 0. The number of aromatic nitrogens is 2. The second-order valence-corrected chi connectivity index (χ2v) is 17.9. The van der Waals surface area contributed by atoms with Gasteiger partial charge in [0.2, 0.25) is 29.5 Å². The van der Waals surface area contributed by atoms with Crippen LogP contribution in [0, 0.1) is 25.2 Å². The van der Waals surface area contributed by atoms with Crippen molar-refractivity contribution in [1.29, 1.82) is 5.26 Å². The van der Waals surface area contributed by atoms with E-state index in [1.165, 1.54) is 14.0 Å². The number of rotatable bonds is 17. The van der Waals surface area contributed by atoms with E-state index in [4.69, 9.17) is 31.9 Å². The highest BCUT2D eigenvalue weighted by Gasteiger charge is 2.36. The van der Waals surface area contributed by atoms with Gasteiger partial charge in [-0.2, -0.15) is 5.26 Å². The lowest BCUT2D eigenvalue weighted by Gasteiger charge is -2.32. The lowest BCUT2D eigenvalue weighted by molar-refractivity contribution is -0.143. The number of ether oxygens (including phenoxy) is 2. The summed E-state index contributed by atoms with van der Waals surface area (Å²) in [5.41, 5.74) is 22.3. The monoisotopic (exact) mass is 960 g/mol. The van der Waals surface area contributed by atoms with Crippen molar-refractivity contribution in [2.24, 2.45) is 17.2 Å². The largest absolute Gasteiger partial charge is 0.492 e. The molecule has 3 aromatic carbocycles. The van der Waals surface area contributed by atoms with Crippen LogP contribution in [0.3, 0.4) is 0 Å². The topological polar surface area (TPSA) is 312 Å². The Balaban J connectivity index is 1.46. The number of likely N-dealkylation sites (N-methyl/N-ethyl adjacent to an activating group) is 1. The molecule has 0 spiro atoms. The van der Waals surface area contributed by atoms with Crippen molar-refractivity contribution in [3.63, 3.8) is 0 Å². The van der Waals surface area contributed by atoms with E-state index in [1.54, 1.807) is 50.2 Å². The van der Waals surface area contributed by atoms with Crippen LogP contribution in [0.25, 0.3) is 22.5 Å². The van der Waals surface area contributed by atoms with Crippen LogP contribution in [0.4, 0.5) is 0 Å². The Hall–Kier alpha value is -7.47. The predicted octanol–water partition coefficient (Wildman–Crippen LogP) is 1.35. The minimum atomic E-state index is -1.44. The second kappa shape index (κ2) is 24.2. The number of hydrogen-bond acceptors (Lipinski definition) is 14. The fraction of sp³-hybridized carbons (Fsp3) is 0.420. The van der Waals surface area contributed by atoms with Gasteiger partial charge in [0.15, 0.2) is 5.82 Å². The van der Waals surface area contributed by atoms with Crippen LogP contribution in [0.15, 0.2) is 60.7 Å². The molecule has 0 aliphatic carbocycles. The maximum absolute atomic E-state index is 14.6. The van der Waals surface area contributed by atoms with Gasteiger partial charge in [0.25, 0.3) is 5.91 Å². The third kappa shape index (κ3) is 13.4. The third-order valence-electron chi connectivity index (χ3n) is 11.6. The third-order valence-corrected chi connectivity index (χ3v) is 11.6. The van der Waals surface area contributed by atoms with E-state index >= 15 is 0 Å². The number of amides is 6. The molecule has 4 aromatic rings. The molecule has 0 saturated carbocycles. The van der Waals surface area contributed by atoms with Gasteiger partial charge in [0, 0.05) is 43.2 Å². The standard InChI is InChI=1S/C50H64N12O8/c1-28-42(29(2)58-44(57-28)32-9-12-34(13-10-32)50(4,5)6)47(66)56-27-41(63)60-37(16-17-51)49(68)62(7)43-33-11-15-40(70-23-20-54)36(26-33)35-24-31(8-14-39(35)69-22-19-53)25-38(46(65)55-21-18-52)61-45(64)30(3)59-48(43)67/h8-15,24,26,30,37-38,43H,16-17,19-23,25,27,51,53-54H2,1-7H3,(H,55,65)(H,56,66)(H,59,67)(H,60,63)(H,61,64). The summed E-state index contributed by atoms with van der Waals surface area (Å²) in [6, 6.07) is 14.6. The molecule has 0 radical (unpaired) electrons. The van der Waals surface area contributed by atoms with Crippen LogP contribution < -0.4 is 53.3 Å². The number of nitrogens with two attached hydrogens (primary N) is 3. The summed E-state index contributed by atoms with van der Waals surface area (Å²) < 4.78 is 12.2. The zero-order valence-corrected chi connectivity index (χ0v) is 40.7. The number of nitrogens with one attached hydrogen (secondary N) is 5. The van der Waals surface area contributed by atoms with Gasteiger partial charge in [-0.05, 0) is 80.1 Å².